The summed E-state index contributed by atoms with van der Waals surface area (Å²) < 4.78 is 26.9. The Bertz CT molecular complexity index is 504. The number of hydrogen-bond donors (Lipinski definition) is 2. The number of benzene rings is 1. The Labute approximate surface area is 111 Å². The summed E-state index contributed by atoms with van der Waals surface area (Å²) >= 11 is 0. The maximum Gasteiger partial charge on any atom is 0.254 e. The summed E-state index contributed by atoms with van der Waals surface area (Å²) in [5.74, 6) is -1.32. The van der Waals surface area contributed by atoms with Crippen LogP contribution in [0.4, 0.5) is 14.5 Å². The van der Waals surface area contributed by atoms with Gasteiger partial charge in [0, 0.05) is 6.04 Å². The average Bonchev–Trinajstić information content (AvgIpc) is 2.65. The molecule has 0 saturated heterocycles. The highest BCUT2D eigenvalue weighted by molar-refractivity contribution is 5.95. The third kappa shape index (κ3) is 2.69. The Morgan fingerprint density at radius 2 is 2.00 bits per heavy atom. The lowest BCUT2D eigenvalue weighted by molar-refractivity contribution is 0.0923. The monoisotopic (exact) mass is 268 g/mol. The molecule has 0 aromatic heterocycles. The molecule has 5 heteroatoms. The van der Waals surface area contributed by atoms with Gasteiger partial charge in [-0.1, -0.05) is 13.8 Å². The van der Waals surface area contributed by atoms with E-state index in [9.17, 15) is 13.6 Å². The van der Waals surface area contributed by atoms with Crippen LogP contribution < -0.4 is 11.1 Å². The molecule has 3 unspecified atom stereocenters. The fourth-order valence-electron chi connectivity index (χ4n) is 2.59. The molecule has 0 spiro atoms. The van der Waals surface area contributed by atoms with Crippen LogP contribution in [0.15, 0.2) is 12.1 Å². The van der Waals surface area contributed by atoms with E-state index in [4.69, 9.17) is 5.73 Å². The molecule has 0 aliphatic heterocycles. The summed E-state index contributed by atoms with van der Waals surface area (Å²) in [5.41, 5.74) is 4.64. The van der Waals surface area contributed by atoms with E-state index in [0.717, 1.165) is 25.0 Å². The number of nitrogen functional groups attached to an aromatic ring is 1. The Hall–Kier alpha value is -1.65. The topological polar surface area (TPSA) is 55.1 Å². The quantitative estimate of drug-likeness (QED) is 0.810. The van der Waals surface area contributed by atoms with Gasteiger partial charge in [-0.05, 0) is 36.8 Å². The maximum atomic E-state index is 13.7. The van der Waals surface area contributed by atoms with Gasteiger partial charge >= 0.3 is 0 Å². The fourth-order valence-corrected chi connectivity index (χ4v) is 2.59. The van der Waals surface area contributed by atoms with Gasteiger partial charge in [-0.2, -0.15) is 0 Å². The van der Waals surface area contributed by atoms with Crippen molar-refractivity contribution in [2.24, 2.45) is 11.8 Å². The molecular formula is C14H18F2N2O. The molecule has 1 amide bonds. The maximum absolute atomic E-state index is 13.7. The molecular weight excluding hydrogens is 250 g/mol. The molecule has 0 bridgehead atoms. The number of carbonyl (C=O) groups is 1. The number of rotatable bonds is 2. The molecule has 1 fully saturated rings. The van der Waals surface area contributed by atoms with E-state index in [1.165, 1.54) is 0 Å². The SMILES string of the molecule is CC1CCC(NC(=O)c2cc(F)cc(N)c2F)C1C. The molecule has 1 aliphatic carbocycles. The zero-order valence-corrected chi connectivity index (χ0v) is 11.0. The highest BCUT2D eigenvalue weighted by Crippen LogP contribution is 2.31. The van der Waals surface area contributed by atoms with Crippen molar-refractivity contribution in [3.8, 4) is 0 Å². The number of amides is 1. The largest absolute Gasteiger partial charge is 0.396 e. The summed E-state index contributed by atoms with van der Waals surface area (Å²) in [6.45, 7) is 4.18. The molecule has 0 radical (unpaired) electrons. The number of halogens is 2. The van der Waals surface area contributed by atoms with Gasteiger partial charge in [-0.15, -0.1) is 0 Å². The zero-order valence-electron chi connectivity index (χ0n) is 11.0. The lowest BCUT2D eigenvalue weighted by Gasteiger charge is -2.20. The van der Waals surface area contributed by atoms with Crippen molar-refractivity contribution in [3.63, 3.8) is 0 Å². The summed E-state index contributed by atoms with van der Waals surface area (Å²) in [5, 5.41) is 2.77. The third-order valence-corrected chi connectivity index (χ3v) is 4.09. The van der Waals surface area contributed by atoms with Gasteiger partial charge in [-0.25, -0.2) is 8.78 Å². The Kier molecular flexibility index (Phi) is 3.73. The average molecular weight is 268 g/mol. The van der Waals surface area contributed by atoms with Gasteiger partial charge < -0.3 is 11.1 Å². The number of nitrogens with one attached hydrogen (secondary N) is 1. The van der Waals surface area contributed by atoms with Crippen LogP contribution in [0.25, 0.3) is 0 Å². The normalized spacial score (nSPS) is 26.4. The zero-order chi connectivity index (χ0) is 14.2. The van der Waals surface area contributed by atoms with Gasteiger partial charge in [0.25, 0.3) is 5.91 Å². The first-order valence-electron chi connectivity index (χ1n) is 6.45. The molecule has 3 atom stereocenters. The summed E-state index contributed by atoms with van der Waals surface area (Å²) in [4.78, 5) is 12.0. The van der Waals surface area contributed by atoms with Gasteiger partial charge in [0.1, 0.15) is 5.82 Å². The van der Waals surface area contributed by atoms with Crippen LogP contribution in [0.5, 0.6) is 0 Å². The number of anilines is 1. The number of hydrogen-bond acceptors (Lipinski definition) is 2. The van der Waals surface area contributed by atoms with Crippen LogP contribution in [-0.2, 0) is 0 Å². The molecule has 0 heterocycles. The predicted octanol–water partition coefficient (Wildman–Crippen LogP) is 2.71. The van der Waals surface area contributed by atoms with Gasteiger partial charge in [-0.3, -0.25) is 4.79 Å². The highest BCUT2D eigenvalue weighted by Gasteiger charge is 2.31. The molecule has 3 N–H and O–H groups in total. The minimum atomic E-state index is -0.863. The van der Waals surface area contributed by atoms with E-state index < -0.39 is 17.5 Å². The van der Waals surface area contributed by atoms with Crippen LogP contribution in [-0.4, -0.2) is 11.9 Å². The van der Waals surface area contributed by atoms with E-state index in [1.807, 2.05) is 0 Å². The second-order valence-electron chi connectivity index (χ2n) is 5.35. The van der Waals surface area contributed by atoms with E-state index in [0.29, 0.717) is 11.8 Å². The van der Waals surface area contributed by atoms with Crippen molar-refractivity contribution in [1.82, 2.24) is 5.32 Å². The van der Waals surface area contributed by atoms with Gasteiger partial charge in [0.15, 0.2) is 5.82 Å². The summed E-state index contributed by atoms with van der Waals surface area (Å²) in [6, 6.07) is 1.75. The van der Waals surface area contributed by atoms with Crippen LogP contribution in [0.3, 0.4) is 0 Å². The van der Waals surface area contributed by atoms with E-state index in [2.05, 4.69) is 19.2 Å². The van der Waals surface area contributed by atoms with Crippen molar-refractivity contribution in [1.29, 1.82) is 0 Å². The van der Waals surface area contributed by atoms with Crippen molar-refractivity contribution < 1.29 is 13.6 Å². The Balaban J connectivity index is 2.17. The van der Waals surface area contributed by atoms with Crippen LogP contribution in [0, 0.1) is 23.5 Å². The third-order valence-electron chi connectivity index (χ3n) is 4.09. The number of nitrogens with two attached hydrogens (primary N) is 1. The van der Waals surface area contributed by atoms with Crippen LogP contribution in [0.1, 0.15) is 37.0 Å². The first-order chi connectivity index (χ1) is 8.90. The molecule has 1 aromatic carbocycles. The second kappa shape index (κ2) is 5.15. The molecule has 2 rings (SSSR count). The molecule has 104 valence electrons. The van der Waals surface area contributed by atoms with Crippen molar-refractivity contribution >= 4 is 11.6 Å². The first kappa shape index (κ1) is 13.8. The van der Waals surface area contributed by atoms with E-state index in [1.54, 1.807) is 0 Å². The molecule has 19 heavy (non-hydrogen) atoms. The van der Waals surface area contributed by atoms with Crippen molar-refractivity contribution in [2.75, 3.05) is 5.73 Å². The molecule has 3 nitrogen and oxygen atoms in total. The second-order valence-corrected chi connectivity index (χ2v) is 5.35. The van der Waals surface area contributed by atoms with Crippen LogP contribution >= 0.6 is 0 Å². The minimum absolute atomic E-state index is 0.00592. The molecule has 1 aliphatic rings. The number of carbonyl (C=O) groups excluding carboxylic acids is 1. The predicted molar refractivity (Wildman–Crippen MR) is 69.6 cm³/mol. The Morgan fingerprint density at radius 3 is 2.58 bits per heavy atom. The van der Waals surface area contributed by atoms with Crippen molar-refractivity contribution in [2.45, 2.75) is 32.7 Å². The Morgan fingerprint density at radius 1 is 1.32 bits per heavy atom. The molecule has 1 aromatic rings. The highest BCUT2D eigenvalue weighted by atomic mass is 19.1. The smallest absolute Gasteiger partial charge is 0.254 e. The van der Waals surface area contributed by atoms with Gasteiger partial charge in [0.05, 0.1) is 11.3 Å². The lowest BCUT2D eigenvalue weighted by atomic mass is 9.97. The van der Waals surface area contributed by atoms with Gasteiger partial charge in [0.2, 0.25) is 0 Å². The lowest BCUT2D eigenvalue weighted by Crippen LogP contribution is -2.37. The summed E-state index contributed by atoms with van der Waals surface area (Å²) in [6.07, 6.45) is 1.89. The first-order valence-corrected chi connectivity index (χ1v) is 6.45. The minimum Gasteiger partial charge on any atom is -0.396 e. The van der Waals surface area contributed by atoms with Crippen molar-refractivity contribution in [3.05, 3.63) is 29.3 Å². The fraction of sp³-hybridized carbons (Fsp3) is 0.500. The molecule has 1 saturated carbocycles. The van der Waals surface area contributed by atoms with E-state index >= 15 is 0 Å². The van der Waals surface area contributed by atoms with Crippen LogP contribution in [0.2, 0.25) is 0 Å². The van der Waals surface area contributed by atoms with E-state index in [-0.39, 0.29) is 17.3 Å². The standard InChI is InChI=1S/C14H18F2N2O/c1-7-3-4-12(8(7)2)18-14(19)10-5-9(15)6-11(17)13(10)16/h5-8,12H,3-4,17H2,1-2H3,(H,18,19). The summed E-state index contributed by atoms with van der Waals surface area (Å²) in [7, 11) is 0.